The zero-order valence-corrected chi connectivity index (χ0v) is 7.63. The topological polar surface area (TPSA) is 35.5 Å². The van der Waals surface area contributed by atoms with Gasteiger partial charge in [0.25, 0.3) is 0 Å². The monoisotopic (exact) mass is 186 g/mol. The second-order valence-corrected chi connectivity index (χ2v) is 4.80. The van der Waals surface area contributed by atoms with Crippen molar-refractivity contribution < 1.29 is 13.6 Å². The molecule has 1 unspecified atom stereocenters. The highest BCUT2D eigenvalue weighted by Gasteiger charge is 2.31. The highest BCUT2D eigenvalue weighted by Crippen LogP contribution is 2.59. The molecular formula is C8H11O3P. The maximum Gasteiger partial charge on any atom is 0.361 e. The van der Waals surface area contributed by atoms with Crippen molar-refractivity contribution in [3.8, 4) is 0 Å². The van der Waals surface area contributed by atoms with Gasteiger partial charge < -0.3 is 9.05 Å². The van der Waals surface area contributed by atoms with Crippen LogP contribution >= 0.6 is 7.60 Å². The van der Waals surface area contributed by atoms with Crippen molar-refractivity contribution in [2.75, 3.05) is 13.2 Å². The molecule has 0 fully saturated rings. The van der Waals surface area contributed by atoms with E-state index < -0.39 is 7.60 Å². The number of hydrogen-bond donors (Lipinski definition) is 0. The van der Waals surface area contributed by atoms with E-state index in [1.807, 2.05) is 18.2 Å². The van der Waals surface area contributed by atoms with Gasteiger partial charge in [0, 0.05) is 0 Å². The highest BCUT2D eigenvalue weighted by atomic mass is 31.2. The molecule has 0 spiro atoms. The zero-order valence-electron chi connectivity index (χ0n) is 6.73. The SMILES string of the molecule is O=P12OCCC=CC1=CCCO2. The van der Waals surface area contributed by atoms with Gasteiger partial charge in [-0.1, -0.05) is 18.2 Å². The van der Waals surface area contributed by atoms with Crippen molar-refractivity contribution in [3.05, 3.63) is 23.5 Å². The van der Waals surface area contributed by atoms with E-state index in [4.69, 9.17) is 9.05 Å². The van der Waals surface area contributed by atoms with Crippen LogP contribution in [0.5, 0.6) is 0 Å². The molecule has 0 aromatic heterocycles. The van der Waals surface area contributed by atoms with Gasteiger partial charge in [-0.3, -0.25) is 4.57 Å². The van der Waals surface area contributed by atoms with Crippen LogP contribution in [0.3, 0.4) is 0 Å². The maximum atomic E-state index is 11.9. The Kier molecular flexibility index (Phi) is 2.18. The fourth-order valence-corrected chi connectivity index (χ4v) is 2.99. The van der Waals surface area contributed by atoms with Crippen LogP contribution in [-0.4, -0.2) is 13.2 Å². The quantitative estimate of drug-likeness (QED) is 0.545. The summed E-state index contributed by atoms with van der Waals surface area (Å²) in [6, 6.07) is 0. The van der Waals surface area contributed by atoms with Crippen molar-refractivity contribution in [1.29, 1.82) is 0 Å². The van der Waals surface area contributed by atoms with Gasteiger partial charge in [-0.15, -0.1) is 0 Å². The molecule has 0 saturated heterocycles. The summed E-state index contributed by atoms with van der Waals surface area (Å²) in [7, 11) is -2.89. The first kappa shape index (κ1) is 8.24. The minimum atomic E-state index is -2.89. The van der Waals surface area contributed by atoms with Crippen LogP contribution in [-0.2, 0) is 13.6 Å². The second kappa shape index (κ2) is 3.17. The van der Waals surface area contributed by atoms with Crippen LogP contribution in [0.4, 0.5) is 0 Å². The molecule has 0 amide bonds. The summed E-state index contributed by atoms with van der Waals surface area (Å²) in [4.78, 5) is 0. The normalized spacial score (nSPS) is 35.2. The fraction of sp³-hybridized carbons (Fsp3) is 0.500. The molecule has 66 valence electrons. The molecule has 2 rings (SSSR count). The number of hydrogen-bond acceptors (Lipinski definition) is 3. The van der Waals surface area contributed by atoms with Crippen LogP contribution < -0.4 is 0 Å². The molecule has 2 aliphatic heterocycles. The molecule has 0 radical (unpaired) electrons. The number of fused-ring (bicyclic) bond motifs is 1. The van der Waals surface area contributed by atoms with Gasteiger partial charge in [0.15, 0.2) is 0 Å². The molecule has 0 saturated carbocycles. The fourth-order valence-electron chi connectivity index (χ4n) is 1.28. The largest absolute Gasteiger partial charge is 0.361 e. The summed E-state index contributed by atoms with van der Waals surface area (Å²) < 4.78 is 22.2. The molecule has 2 heterocycles. The molecule has 1 atom stereocenters. The van der Waals surface area contributed by atoms with Gasteiger partial charge in [0.1, 0.15) is 0 Å². The molecule has 12 heavy (non-hydrogen) atoms. The standard InChI is InChI=1S/C8H11O3P/c9-12-8(5-3-7-11-12)4-1-2-6-10-12/h1,4-5H,2-3,6-7H2. The average Bonchev–Trinajstić information content (AvgIpc) is 2.25. The smallest absolute Gasteiger partial charge is 0.305 e. The van der Waals surface area contributed by atoms with Crippen molar-refractivity contribution in [2.45, 2.75) is 12.8 Å². The van der Waals surface area contributed by atoms with E-state index >= 15 is 0 Å². The van der Waals surface area contributed by atoms with Gasteiger partial charge in [-0.05, 0) is 12.8 Å². The van der Waals surface area contributed by atoms with Crippen LogP contribution in [0.15, 0.2) is 23.5 Å². The van der Waals surface area contributed by atoms with Crippen molar-refractivity contribution in [1.82, 2.24) is 0 Å². The summed E-state index contributed by atoms with van der Waals surface area (Å²) in [6.45, 7) is 1.000. The summed E-state index contributed by atoms with van der Waals surface area (Å²) in [6.07, 6.45) is 7.40. The van der Waals surface area contributed by atoms with E-state index in [-0.39, 0.29) is 0 Å². The number of allylic oxidation sites excluding steroid dienone is 2. The zero-order chi connectivity index (χ0) is 8.44. The minimum Gasteiger partial charge on any atom is -0.305 e. The van der Waals surface area contributed by atoms with Crippen LogP contribution in [0.2, 0.25) is 0 Å². The van der Waals surface area contributed by atoms with Crippen molar-refractivity contribution in [2.24, 2.45) is 0 Å². The molecule has 3 nitrogen and oxygen atoms in total. The summed E-state index contributed by atoms with van der Waals surface area (Å²) in [5, 5.41) is 0.728. The lowest BCUT2D eigenvalue weighted by atomic mass is 10.3. The predicted octanol–water partition coefficient (Wildman–Crippen LogP) is 2.46. The lowest BCUT2D eigenvalue weighted by Gasteiger charge is -2.20. The molecule has 0 N–H and O–H groups in total. The minimum absolute atomic E-state index is 0.491. The maximum absolute atomic E-state index is 11.9. The average molecular weight is 186 g/mol. The first-order valence-corrected chi connectivity index (χ1v) is 5.62. The van der Waals surface area contributed by atoms with E-state index in [9.17, 15) is 4.57 Å². The number of rotatable bonds is 0. The summed E-state index contributed by atoms with van der Waals surface area (Å²) in [5.41, 5.74) is 0. The Hall–Kier alpha value is -0.370. The molecule has 0 aliphatic carbocycles. The third kappa shape index (κ3) is 1.40. The Bertz CT molecular complexity index is 280. The summed E-state index contributed by atoms with van der Waals surface area (Å²) >= 11 is 0. The van der Waals surface area contributed by atoms with Gasteiger partial charge >= 0.3 is 7.60 Å². The first-order valence-electron chi connectivity index (χ1n) is 4.08. The van der Waals surface area contributed by atoms with Gasteiger partial charge in [-0.2, -0.15) is 0 Å². The molecular weight excluding hydrogens is 175 g/mol. The predicted molar refractivity (Wildman–Crippen MR) is 46.0 cm³/mol. The van der Waals surface area contributed by atoms with Crippen molar-refractivity contribution in [3.63, 3.8) is 0 Å². The van der Waals surface area contributed by atoms with Crippen molar-refractivity contribution >= 4 is 7.60 Å². The van der Waals surface area contributed by atoms with Crippen LogP contribution in [0.1, 0.15) is 12.8 Å². The Morgan fingerprint density at radius 1 is 1.25 bits per heavy atom. The Labute approximate surface area is 71.6 Å². The third-order valence-electron chi connectivity index (χ3n) is 1.88. The first-order chi connectivity index (χ1) is 5.81. The van der Waals surface area contributed by atoms with E-state index in [2.05, 4.69) is 0 Å². The Morgan fingerprint density at radius 2 is 2.00 bits per heavy atom. The van der Waals surface area contributed by atoms with Gasteiger partial charge in [0.2, 0.25) is 0 Å². The van der Waals surface area contributed by atoms with E-state index in [1.165, 1.54) is 0 Å². The van der Waals surface area contributed by atoms with E-state index in [1.54, 1.807) is 0 Å². The van der Waals surface area contributed by atoms with Crippen LogP contribution in [0, 0.1) is 0 Å². The molecule has 2 aliphatic rings. The van der Waals surface area contributed by atoms with Crippen LogP contribution in [0.25, 0.3) is 0 Å². The van der Waals surface area contributed by atoms with Gasteiger partial charge in [0.05, 0.1) is 18.5 Å². The highest BCUT2D eigenvalue weighted by molar-refractivity contribution is 7.58. The lowest BCUT2D eigenvalue weighted by Crippen LogP contribution is -2.02. The van der Waals surface area contributed by atoms with Gasteiger partial charge in [-0.25, -0.2) is 0 Å². The Morgan fingerprint density at radius 3 is 2.83 bits per heavy atom. The lowest BCUT2D eigenvalue weighted by molar-refractivity contribution is 0.213. The molecule has 0 bridgehead atoms. The van der Waals surface area contributed by atoms with E-state index in [0.717, 1.165) is 18.2 Å². The molecule has 0 aromatic rings. The van der Waals surface area contributed by atoms with E-state index in [0.29, 0.717) is 13.2 Å². The molecule has 0 aromatic carbocycles. The third-order valence-corrected chi connectivity index (χ3v) is 3.89. The molecule has 4 heteroatoms. The second-order valence-electron chi connectivity index (χ2n) is 2.77. The Balaban J connectivity index is 2.36. The summed E-state index contributed by atoms with van der Waals surface area (Å²) in [5.74, 6) is 0.